The van der Waals surface area contributed by atoms with E-state index in [9.17, 15) is 14.7 Å². The third-order valence-electron chi connectivity index (χ3n) is 4.19. The van der Waals surface area contributed by atoms with Crippen molar-refractivity contribution in [2.24, 2.45) is 5.92 Å². The number of amides is 2. The van der Waals surface area contributed by atoms with Crippen molar-refractivity contribution >= 4 is 17.5 Å². The van der Waals surface area contributed by atoms with E-state index in [1.807, 2.05) is 45.9 Å². The molecule has 5 nitrogen and oxygen atoms in total. The smallest absolute Gasteiger partial charge is 0.313 e. The van der Waals surface area contributed by atoms with E-state index in [0.717, 1.165) is 30.4 Å². The van der Waals surface area contributed by atoms with Gasteiger partial charge in [0.2, 0.25) is 0 Å². The maximum absolute atomic E-state index is 12.0. The van der Waals surface area contributed by atoms with Crippen LogP contribution < -0.4 is 10.6 Å². The molecule has 2 amide bonds. The fraction of sp³-hybridized carbons (Fsp3) is 0.556. The molecular weight excluding hydrogens is 292 g/mol. The largest absolute Gasteiger partial charge is 0.391 e. The third-order valence-corrected chi connectivity index (χ3v) is 4.19. The zero-order chi connectivity index (χ0) is 17.4. The number of aryl methyl sites for hydroxylation is 2. The van der Waals surface area contributed by atoms with Crippen LogP contribution in [0.5, 0.6) is 0 Å². The van der Waals surface area contributed by atoms with Crippen LogP contribution in [0.15, 0.2) is 18.2 Å². The minimum Gasteiger partial charge on any atom is -0.391 e. The third kappa shape index (κ3) is 5.67. The monoisotopic (exact) mass is 320 g/mol. The average Bonchev–Trinajstić information content (AvgIpc) is 2.58. The summed E-state index contributed by atoms with van der Waals surface area (Å²) in [5, 5.41) is 15.0. The Balaban J connectivity index is 2.66. The first-order chi connectivity index (χ1) is 10.9. The van der Waals surface area contributed by atoms with E-state index in [4.69, 9.17) is 0 Å². The first-order valence-corrected chi connectivity index (χ1v) is 8.31. The lowest BCUT2D eigenvalue weighted by atomic mass is 10.0. The Morgan fingerprint density at radius 1 is 1.13 bits per heavy atom. The molecule has 1 rings (SSSR count). The highest BCUT2D eigenvalue weighted by Gasteiger charge is 2.18. The average molecular weight is 320 g/mol. The molecule has 0 aromatic heterocycles. The summed E-state index contributed by atoms with van der Waals surface area (Å²) in [5.74, 6) is -1.35. The van der Waals surface area contributed by atoms with Gasteiger partial charge in [0, 0.05) is 12.2 Å². The number of rotatable bonds is 7. The number of hydrogen-bond acceptors (Lipinski definition) is 3. The lowest BCUT2D eigenvalue weighted by Gasteiger charge is -2.17. The Bertz CT molecular complexity index is 543. The standard InChI is InChI=1S/C18H28N2O3/c1-5-12(4)16(21)11-19-17(22)18(23)20-15-10-13(6-2)8-9-14(15)7-3/h8-10,12,16,21H,5-7,11H2,1-4H3,(H,19,22)(H,20,23). The van der Waals surface area contributed by atoms with E-state index in [2.05, 4.69) is 10.6 Å². The second kappa shape index (κ2) is 9.30. The minimum atomic E-state index is -0.726. The van der Waals surface area contributed by atoms with Crippen molar-refractivity contribution in [1.82, 2.24) is 5.32 Å². The van der Waals surface area contributed by atoms with Gasteiger partial charge >= 0.3 is 11.8 Å². The molecule has 3 N–H and O–H groups in total. The fourth-order valence-corrected chi connectivity index (χ4v) is 2.20. The van der Waals surface area contributed by atoms with Gasteiger partial charge in [0.15, 0.2) is 0 Å². The summed E-state index contributed by atoms with van der Waals surface area (Å²) in [7, 11) is 0. The molecule has 0 saturated carbocycles. The molecule has 1 aromatic carbocycles. The second-order valence-corrected chi connectivity index (χ2v) is 5.82. The number of aliphatic hydroxyl groups is 1. The summed E-state index contributed by atoms with van der Waals surface area (Å²) in [6.45, 7) is 7.99. The van der Waals surface area contributed by atoms with Crippen molar-refractivity contribution in [3.05, 3.63) is 29.3 Å². The van der Waals surface area contributed by atoms with Crippen molar-refractivity contribution in [3.63, 3.8) is 0 Å². The molecule has 2 unspecified atom stereocenters. The van der Waals surface area contributed by atoms with Gasteiger partial charge in [-0.15, -0.1) is 0 Å². The van der Waals surface area contributed by atoms with Crippen LogP contribution in [0.4, 0.5) is 5.69 Å². The molecular formula is C18H28N2O3. The SMILES string of the molecule is CCc1ccc(CC)c(NC(=O)C(=O)NCC(O)C(C)CC)c1. The van der Waals surface area contributed by atoms with Crippen LogP contribution in [0.25, 0.3) is 0 Å². The molecule has 128 valence electrons. The predicted octanol–water partition coefficient (Wildman–Crippen LogP) is 2.27. The van der Waals surface area contributed by atoms with Gasteiger partial charge in [-0.25, -0.2) is 0 Å². The first-order valence-electron chi connectivity index (χ1n) is 8.31. The molecule has 0 aliphatic heterocycles. The summed E-state index contributed by atoms with van der Waals surface area (Å²) >= 11 is 0. The predicted molar refractivity (Wildman–Crippen MR) is 92.3 cm³/mol. The van der Waals surface area contributed by atoms with Gasteiger partial charge in [-0.2, -0.15) is 0 Å². The lowest BCUT2D eigenvalue weighted by molar-refractivity contribution is -0.136. The highest BCUT2D eigenvalue weighted by Crippen LogP contribution is 2.19. The molecule has 0 aliphatic rings. The van der Waals surface area contributed by atoms with Gasteiger partial charge in [0.1, 0.15) is 0 Å². The first kappa shape index (κ1) is 19.2. The Morgan fingerprint density at radius 3 is 2.39 bits per heavy atom. The van der Waals surface area contributed by atoms with E-state index >= 15 is 0 Å². The van der Waals surface area contributed by atoms with Crippen LogP contribution in [0.3, 0.4) is 0 Å². The number of benzene rings is 1. The molecule has 1 aromatic rings. The zero-order valence-electron chi connectivity index (χ0n) is 14.5. The van der Waals surface area contributed by atoms with E-state index in [-0.39, 0.29) is 12.5 Å². The van der Waals surface area contributed by atoms with E-state index in [1.54, 1.807) is 0 Å². The van der Waals surface area contributed by atoms with Gasteiger partial charge < -0.3 is 15.7 Å². The molecule has 0 radical (unpaired) electrons. The Morgan fingerprint density at radius 2 is 1.83 bits per heavy atom. The maximum Gasteiger partial charge on any atom is 0.313 e. The summed E-state index contributed by atoms with van der Waals surface area (Å²) in [6.07, 6.45) is 1.80. The fourth-order valence-electron chi connectivity index (χ4n) is 2.20. The molecule has 5 heteroatoms. The molecule has 2 atom stereocenters. The van der Waals surface area contributed by atoms with Crippen LogP contribution in [-0.2, 0) is 22.4 Å². The number of aliphatic hydroxyl groups excluding tert-OH is 1. The van der Waals surface area contributed by atoms with E-state index in [0.29, 0.717) is 5.69 Å². The molecule has 23 heavy (non-hydrogen) atoms. The summed E-state index contributed by atoms with van der Waals surface area (Å²) < 4.78 is 0. The second-order valence-electron chi connectivity index (χ2n) is 5.82. The Kier molecular flexibility index (Phi) is 7.75. The van der Waals surface area contributed by atoms with Crippen molar-refractivity contribution in [2.75, 3.05) is 11.9 Å². The van der Waals surface area contributed by atoms with Crippen molar-refractivity contribution in [3.8, 4) is 0 Å². The highest BCUT2D eigenvalue weighted by molar-refractivity contribution is 6.39. The van der Waals surface area contributed by atoms with Crippen LogP contribution in [0.2, 0.25) is 0 Å². The maximum atomic E-state index is 12.0. The number of nitrogens with one attached hydrogen (secondary N) is 2. The summed E-state index contributed by atoms with van der Waals surface area (Å²) in [4.78, 5) is 23.9. The van der Waals surface area contributed by atoms with Gasteiger partial charge in [-0.05, 0) is 36.0 Å². The highest BCUT2D eigenvalue weighted by atomic mass is 16.3. The molecule has 0 fully saturated rings. The van der Waals surface area contributed by atoms with Crippen LogP contribution >= 0.6 is 0 Å². The van der Waals surface area contributed by atoms with Gasteiger partial charge in [-0.3, -0.25) is 9.59 Å². The lowest BCUT2D eigenvalue weighted by Crippen LogP contribution is -2.41. The normalized spacial score (nSPS) is 13.3. The van der Waals surface area contributed by atoms with E-state index in [1.165, 1.54) is 0 Å². The molecule has 0 saturated heterocycles. The van der Waals surface area contributed by atoms with Crippen LogP contribution in [0, 0.1) is 5.92 Å². The Labute approximate surface area is 138 Å². The molecule has 0 bridgehead atoms. The number of hydrogen-bond donors (Lipinski definition) is 3. The minimum absolute atomic E-state index is 0.0753. The Hall–Kier alpha value is -1.88. The number of carbonyl (C=O) groups is 2. The molecule has 0 heterocycles. The topological polar surface area (TPSA) is 78.4 Å². The van der Waals surface area contributed by atoms with E-state index < -0.39 is 17.9 Å². The summed E-state index contributed by atoms with van der Waals surface area (Å²) in [5.41, 5.74) is 2.77. The van der Waals surface area contributed by atoms with Crippen molar-refractivity contribution < 1.29 is 14.7 Å². The van der Waals surface area contributed by atoms with Crippen LogP contribution in [-0.4, -0.2) is 29.6 Å². The van der Waals surface area contributed by atoms with Gasteiger partial charge in [0.05, 0.1) is 6.10 Å². The summed E-state index contributed by atoms with van der Waals surface area (Å²) in [6, 6.07) is 5.90. The number of anilines is 1. The van der Waals surface area contributed by atoms with Gasteiger partial charge in [0.25, 0.3) is 0 Å². The molecule has 0 spiro atoms. The molecule has 0 aliphatic carbocycles. The quantitative estimate of drug-likeness (QED) is 0.674. The number of carbonyl (C=O) groups excluding carboxylic acids is 2. The van der Waals surface area contributed by atoms with Crippen molar-refractivity contribution in [2.45, 2.75) is 53.1 Å². The van der Waals surface area contributed by atoms with Crippen molar-refractivity contribution in [1.29, 1.82) is 0 Å². The van der Waals surface area contributed by atoms with Crippen LogP contribution in [0.1, 0.15) is 45.2 Å². The van der Waals surface area contributed by atoms with Gasteiger partial charge in [-0.1, -0.05) is 46.2 Å². The zero-order valence-corrected chi connectivity index (χ0v) is 14.5.